The highest BCUT2D eigenvalue weighted by molar-refractivity contribution is 5.69. The predicted molar refractivity (Wildman–Crippen MR) is 139 cm³/mol. The minimum Gasteiger partial charge on any atom is -0.463 e. The maximum absolute atomic E-state index is 12.2. The molecule has 0 aliphatic carbocycles. The standard InChI is InChI=1S/C26H43N5O5/c1-3-4-5-6-7-8-9-10-11-12-13-14-15-16-24(32)35-19-22-21(29-30-27)17-23(36-22)31-18-20(2)25(33)28-26(31)34/h18,21-23H,3-17,19H2,1-2H3,(H,28,33,34)/t21-,22+,23+/m0/s1. The second-order valence-electron chi connectivity index (χ2n) is 9.79. The molecule has 1 aromatic rings. The fourth-order valence-electron chi connectivity index (χ4n) is 4.56. The molecule has 0 saturated carbocycles. The number of esters is 1. The number of carbonyl (C=O) groups excluding carboxylic acids is 1. The number of aromatic amines is 1. The van der Waals surface area contributed by atoms with E-state index in [1.54, 1.807) is 6.92 Å². The van der Waals surface area contributed by atoms with Gasteiger partial charge in [0.15, 0.2) is 0 Å². The molecule has 1 aliphatic rings. The summed E-state index contributed by atoms with van der Waals surface area (Å²) in [5.74, 6) is -0.304. The van der Waals surface area contributed by atoms with Crippen LogP contribution in [0, 0.1) is 6.92 Å². The van der Waals surface area contributed by atoms with E-state index < -0.39 is 29.6 Å². The molecule has 3 atom stereocenters. The van der Waals surface area contributed by atoms with Crippen LogP contribution in [0.3, 0.4) is 0 Å². The van der Waals surface area contributed by atoms with Gasteiger partial charge in [-0.1, -0.05) is 89.1 Å². The number of hydrogen-bond acceptors (Lipinski definition) is 6. The average molecular weight is 506 g/mol. The lowest BCUT2D eigenvalue weighted by atomic mass is 10.0. The number of aromatic nitrogens is 2. The molecule has 0 amide bonds. The summed E-state index contributed by atoms with van der Waals surface area (Å²) in [5.41, 5.74) is 8.19. The monoisotopic (exact) mass is 505 g/mol. The first-order chi connectivity index (χ1) is 17.5. The minimum absolute atomic E-state index is 0.0471. The molecule has 0 unspecified atom stereocenters. The molecule has 0 spiro atoms. The number of aryl methyl sites for hydroxylation is 1. The molecule has 0 bridgehead atoms. The average Bonchev–Trinajstić information content (AvgIpc) is 3.25. The van der Waals surface area contributed by atoms with Gasteiger partial charge in [-0.15, -0.1) is 0 Å². The summed E-state index contributed by atoms with van der Waals surface area (Å²) >= 11 is 0. The summed E-state index contributed by atoms with van der Waals surface area (Å²) in [4.78, 5) is 41.0. The number of azide groups is 1. The van der Waals surface area contributed by atoms with Crippen LogP contribution in [0.4, 0.5) is 0 Å². The van der Waals surface area contributed by atoms with Crippen molar-refractivity contribution in [3.8, 4) is 0 Å². The molecule has 1 N–H and O–H groups in total. The maximum atomic E-state index is 12.2. The maximum Gasteiger partial charge on any atom is 0.330 e. The minimum atomic E-state index is -0.715. The molecule has 202 valence electrons. The number of hydrogen-bond donors (Lipinski definition) is 1. The molecule has 1 aromatic heterocycles. The lowest BCUT2D eigenvalue weighted by Crippen LogP contribution is -2.33. The zero-order chi connectivity index (χ0) is 26.2. The SMILES string of the molecule is CCCCCCCCCCCCCCCC(=O)OC[C@H]1O[C@@H](n2cc(C)c(=O)[nH]c2=O)C[C@@H]1N=[N+]=[N-]. The summed E-state index contributed by atoms with van der Waals surface area (Å²) in [6, 6.07) is -0.580. The van der Waals surface area contributed by atoms with Crippen molar-refractivity contribution in [1.29, 1.82) is 0 Å². The molecule has 1 fully saturated rings. The number of ether oxygens (including phenoxy) is 2. The van der Waals surface area contributed by atoms with Gasteiger partial charge in [0.25, 0.3) is 5.56 Å². The molecular weight excluding hydrogens is 462 g/mol. The van der Waals surface area contributed by atoms with Crippen molar-refractivity contribution in [3.63, 3.8) is 0 Å². The zero-order valence-corrected chi connectivity index (χ0v) is 22.0. The third-order valence-corrected chi connectivity index (χ3v) is 6.75. The molecule has 0 radical (unpaired) electrons. The summed E-state index contributed by atoms with van der Waals surface area (Å²) in [7, 11) is 0. The Morgan fingerprint density at radius 2 is 1.67 bits per heavy atom. The van der Waals surface area contributed by atoms with Gasteiger partial charge in [0.2, 0.25) is 0 Å². The first-order valence-corrected chi connectivity index (χ1v) is 13.6. The Kier molecular flexibility index (Phi) is 14.0. The van der Waals surface area contributed by atoms with E-state index in [1.165, 1.54) is 75.0 Å². The van der Waals surface area contributed by atoms with Gasteiger partial charge in [0.1, 0.15) is 18.9 Å². The number of nitrogens with zero attached hydrogens (tertiary/aromatic N) is 4. The van der Waals surface area contributed by atoms with E-state index in [2.05, 4.69) is 21.9 Å². The number of H-pyrrole nitrogens is 1. The van der Waals surface area contributed by atoms with Gasteiger partial charge in [0.05, 0.1) is 6.04 Å². The van der Waals surface area contributed by atoms with E-state index in [-0.39, 0.29) is 19.0 Å². The molecule has 1 saturated heterocycles. The largest absolute Gasteiger partial charge is 0.463 e. The molecule has 10 nitrogen and oxygen atoms in total. The van der Waals surface area contributed by atoms with Crippen molar-refractivity contribution in [1.82, 2.24) is 9.55 Å². The van der Waals surface area contributed by atoms with Gasteiger partial charge in [-0.25, -0.2) is 4.79 Å². The molecule has 0 aromatic carbocycles. The topological polar surface area (TPSA) is 139 Å². The van der Waals surface area contributed by atoms with Gasteiger partial charge in [-0.3, -0.25) is 19.1 Å². The third kappa shape index (κ3) is 10.6. The fourth-order valence-corrected chi connectivity index (χ4v) is 4.56. The van der Waals surface area contributed by atoms with Gasteiger partial charge in [-0.2, -0.15) is 0 Å². The van der Waals surface area contributed by atoms with Crippen molar-refractivity contribution >= 4 is 5.97 Å². The number of carbonyl (C=O) groups is 1. The van der Waals surface area contributed by atoms with E-state index in [1.807, 2.05) is 0 Å². The van der Waals surface area contributed by atoms with Crippen molar-refractivity contribution in [2.75, 3.05) is 6.61 Å². The Morgan fingerprint density at radius 1 is 1.08 bits per heavy atom. The van der Waals surface area contributed by atoms with E-state index in [0.29, 0.717) is 12.0 Å². The molecule has 10 heteroatoms. The summed E-state index contributed by atoms with van der Waals surface area (Å²) in [5, 5.41) is 3.74. The Morgan fingerprint density at radius 3 is 2.25 bits per heavy atom. The summed E-state index contributed by atoms with van der Waals surface area (Å²) < 4.78 is 12.5. The van der Waals surface area contributed by atoms with Crippen LogP contribution in [0.25, 0.3) is 10.4 Å². The first-order valence-electron chi connectivity index (χ1n) is 13.6. The van der Waals surface area contributed by atoms with Crippen molar-refractivity contribution < 1.29 is 14.3 Å². The Labute approximate surface area is 213 Å². The van der Waals surface area contributed by atoms with Gasteiger partial charge < -0.3 is 9.47 Å². The normalized spacial score (nSPS) is 19.2. The highest BCUT2D eigenvalue weighted by Crippen LogP contribution is 2.30. The number of rotatable bonds is 18. The predicted octanol–water partition coefficient (Wildman–Crippen LogP) is 5.84. The van der Waals surface area contributed by atoms with E-state index in [0.717, 1.165) is 19.3 Å². The number of nitrogens with one attached hydrogen (secondary N) is 1. The Balaban J connectivity index is 1.60. The van der Waals surface area contributed by atoms with Crippen LogP contribution in [-0.2, 0) is 14.3 Å². The lowest BCUT2D eigenvalue weighted by molar-refractivity contribution is -0.148. The first kappa shape index (κ1) is 29.6. The molecule has 1 aliphatic heterocycles. The van der Waals surface area contributed by atoms with Gasteiger partial charge in [-0.05, 0) is 18.9 Å². The fraction of sp³-hybridized carbons (Fsp3) is 0.808. The van der Waals surface area contributed by atoms with Crippen LogP contribution in [0.5, 0.6) is 0 Å². The second kappa shape index (κ2) is 17.0. The Bertz CT molecular complexity index is 953. The highest BCUT2D eigenvalue weighted by atomic mass is 16.6. The summed E-state index contributed by atoms with van der Waals surface area (Å²) in [6.45, 7) is 3.79. The van der Waals surface area contributed by atoms with Gasteiger partial charge >= 0.3 is 11.7 Å². The van der Waals surface area contributed by atoms with Crippen molar-refractivity contribution in [2.24, 2.45) is 5.11 Å². The van der Waals surface area contributed by atoms with E-state index >= 15 is 0 Å². The quantitative estimate of drug-likeness (QED) is 0.0878. The van der Waals surface area contributed by atoms with Crippen molar-refractivity contribution in [3.05, 3.63) is 43.0 Å². The van der Waals surface area contributed by atoms with Crippen LogP contribution in [0.2, 0.25) is 0 Å². The molecule has 2 rings (SSSR count). The second-order valence-corrected chi connectivity index (χ2v) is 9.79. The molecular formula is C26H43N5O5. The van der Waals surface area contributed by atoms with E-state index in [9.17, 15) is 14.4 Å². The lowest BCUT2D eigenvalue weighted by Gasteiger charge is -2.17. The van der Waals surface area contributed by atoms with Crippen LogP contribution < -0.4 is 11.2 Å². The molecule has 36 heavy (non-hydrogen) atoms. The van der Waals surface area contributed by atoms with Crippen LogP contribution in [-0.4, -0.2) is 34.3 Å². The van der Waals surface area contributed by atoms with Crippen LogP contribution >= 0.6 is 0 Å². The van der Waals surface area contributed by atoms with Crippen LogP contribution in [0.1, 0.15) is 115 Å². The third-order valence-electron chi connectivity index (χ3n) is 6.75. The Hall–Kier alpha value is -2.58. The van der Waals surface area contributed by atoms with Crippen LogP contribution in [0.15, 0.2) is 20.9 Å². The van der Waals surface area contributed by atoms with Gasteiger partial charge in [0, 0.05) is 29.5 Å². The molecule has 2 heterocycles. The zero-order valence-electron chi connectivity index (χ0n) is 22.0. The smallest absolute Gasteiger partial charge is 0.330 e. The summed E-state index contributed by atoms with van der Waals surface area (Å²) in [6.07, 6.45) is 16.8. The van der Waals surface area contributed by atoms with E-state index in [4.69, 9.17) is 15.0 Å². The number of unbranched alkanes of at least 4 members (excludes halogenated alkanes) is 12. The van der Waals surface area contributed by atoms with Crippen molar-refractivity contribution in [2.45, 2.75) is 129 Å². The highest BCUT2D eigenvalue weighted by Gasteiger charge is 2.37.